The van der Waals surface area contributed by atoms with Crippen LogP contribution in [0.5, 0.6) is 0 Å². The van der Waals surface area contributed by atoms with Gasteiger partial charge < -0.3 is 16.4 Å². The second kappa shape index (κ2) is 8.31. The second-order valence-electron chi connectivity index (χ2n) is 6.66. The SMILES string of the molecule is CC(C)[C@H](N)C(=O)NCC(=O)NCC(C)(C)c1cccc(Cl)c1. The smallest absolute Gasteiger partial charge is 0.239 e. The maximum absolute atomic E-state index is 11.9. The maximum Gasteiger partial charge on any atom is 0.239 e. The van der Waals surface area contributed by atoms with Crippen LogP contribution < -0.4 is 16.4 Å². The molecule has 0 heterocycles. The van der Waals surface area contributed by atoms with Crippen molar-refractivity contribution in [2.75, 3.05) is 13.1 Å². The molecule has 0 saturated carbocycles. The van der Waals surface area contributed by atoms with Crippen LogP contribution >= 0.6 is 11.6 Å². The molecule has 0 unspecified atom stereocenters. The van der Waals surface area contributed by atoms with Crippen LogP contribution in [0, 0.1) is 5.92 Å². The number of nitrogens with one attached hydrogen (secondary N) is 2. The second-order valence-corrected chi connectivity index (χ2v) is 7.10. The van der Waals surface area contributed by atoms with Gasteiger partial charge in [0.2, 0.25) is 11.8 Å². The normalized spacial score (nSPS) is 12.8. The van der Waals surface area contributed by atoms with Crippen LogP contribution in [0.15, 0.2) is 24.3 Å². The van der Waals surface area contributed by atoms with E-state index in [0.717, 1.165) is 5.56 Å². The van der Waals surface area contributed by atoms with Crippen LogP contribution in [0.25, 0.3) is 0 Å². The molecule has 0 aliphatic rings. The molecule has 128 valence electrons. The predicted octanol–water partition coefficient (Wildman–Crippen LogP) is 1.83. The van der Waals surface area contributed by atoms with Gasteiger partial charge in [0.25, 0.3) is 0 Å². The lowest BCUT2D eigenvalue weighted by Crippen LogP contribution is -2.48. The number of carbonyl (C=O) groups is 2. The van der Waals surface area contributed by atoms with Gasteiger partial charge in [-0.05, 0) is 23.6 Å². The van der Waals surface area contributed by atoms with Crippen molar-refractivity contribution in [3.05, 3.63) is 34.9 Å². The van der Waals surface area contributed by atoms with Gasteiger partial charge in [-0.25, -0.2) is 0 Å². The minimum atomic E-state index is -0.606. The summed E-state index contributed by atoms with van der Waals surface area (Å²) in [4.78, 5) is 23.6. The van der Waals surface area contributed by atoms with Crippen molar-refractivity contribution in [3.63, 3.8) is 0 Å². The number of nitrogens with two attached hydrogens (primary N) is 1. The Kier molecular flexibility index (Phi) is 7.03. The van der Waals surface area contributed by atoms with Gasteiger partial charge in [-0.1, -0.05) is 51.4 Å². The average molecular weight is 340 g/mol. The molecule has 6 heteroatoms. The molecule has 0 spiro atoms. The van der Waals surface area contributed by atoms with E-state index in [1.807, 2.05) is 52.0 Å². The van der Waals surface area contributed by atoms with Gasteiger partial charge in [-0.2, -0.15) is 0 Å². The zero-order valence-corrected chi connectivity index (χ0v) is 14.9. The maximum atomic E-state index is 11.9. The molecule has 23 heavy (non-hydrogen) atoms. The molecule has 0 aliphatic heterocycles. The van der Waals surface area contributed by atoms with Crippen molar-refractivity contribution < 1.29 is 9.59 Å². The van der Waals surface area contributed by atoms with Crippen LogP contribution in [-0.4, -0.2) is 30.9 Å². The Hall–Kier alpha value is -1.59. The van der Waals surface area contributed by atoms with E-state index < -0.39 is 6.04 Å². The van der Waals surface area contributed by atoms with Gasteiger partial charge in [0.1, 0.15) is 0 Å². The van der Waals surface area contributed by atoms with E-state index in [4.69, 9.17) is 17.3 Å². The standard InChI is InChI=1S/C17H26ClN3O2/c1-11(2)15(19)16(23)20-9-14(22)21-10-17(3,4)12-6-5-7-13(18)8-12/h5-8,11,15H,9-10,19H2,1-4H3,(H,20,23)(H,21,22)/t15-/m0/s1. The number of hydrogen-bond donors (Lipinski definition) is 3. The molecule has 0 fully saturated rings. The fourth-order valence-electron chi connectivity index (χ4n) is 1.98. The molecular weight excluding hydrogens is 314 g/mol. The van der Waals surface area contributed by atoms with Crippen LogP contribution in [0.2, 0.25) is 5.02 Å². The summed E-state index contributed by atoms with van der Waals surface area (Å²) < 4.78 is 0. The third-order valence-corrected chi connectivity index (χ3v) is 4.01. The molecule has 0 radical (unpaired) electrons. The number of halogens is 1. The molecule has 0 aromatic heterocycles. The number of benzene rings is 1. The minimum Gasteiger partial charge on any atom is -0.354 e. The van der Waals surface area contributed by atoms with E-state index >= 15 is 0 Å². The van der Waals surface area contributed by atoms with Crippen LogP contribution in [0.4, 0.5) is 0 Å². The highest BCUT2D eigenvalue weighted by atomic mass is 35.5. The predicted molar refractivity (Wildman–Crippen MR) is 93.3 cm³/mol. The average Bonchev–Trinajstić information content (AvgIpc) is 2.49. The number of amides is 2. The number of rotatable bonds is 7. The summed E-state index contributed by atoms with van der Waals surface area (Å²) in [5.41, 5.74) is 6.50. The largest absolute Gasteiger partial charge is 0.354 e. The Balaban J connectivity index is 2.48. The molecule has 0 aliphatic carbocycles. The number of carbonyl (C=O) groups excluding carboxylic acids is 2. The molecule has 5 nitrogen and oxygen atoms in total. The van der Waals surface area contributed by atoms with Gasteiger partial charge >= 0.3 is 0 Å². The fraction of sp³-hybridized carbons (Fsp3) is 0.529. The van der Waals surface area contributed by atoms with Gasteiger partial charge in [-0.15, -0.1) is 0 Å². The van der Waals surface area contributed by atoms with Crippen molar-refractivity contribution in [1.82, 2.24) is 10.6 Å². The van der Waals surface area contributed by atoms with E-state index in [9.17, 15) is 9.59 Å². The Morgan fingerprint density at radius 1 is 1.26 bits per heavy atom. The quantitative estimate of drug-likeness (QED) is 0.708. The molecule has 2 amide bonds. The molecule has 1 aromatic carbocycles. The first-order valence-electron chi connectivity index (χ1n) is 7.69. The molecule has 0 bridgehead atoms. The fourth-order valence-corrected chi connectivity index (χ4v) is 2.17. The lowest BCUT2D eigenvalue weighted by molar-refractivity contribution is -0.127. The van der Waals surface area contributed by atoms with Gasteiger partial charge in [0.05, 0.1) is 12.6 Å². The lowest BCUT2D eigenvalue weighted by Gasteiger charge is -2.26. The Bertz CT molecular complexity index is 559. The van der Waals surface area contributed by atoms with E-state index in [2.05, 4.69) is 10.6 Å². The van der Waals surface area contributed by atoms with E-state index in [1.165, 1.54) is 0 Å². The summed E-state index contributed by atoms with van der Waals surface area (Å²) >= 11 is 6.01. The summed E-state index contributed by atoms with van der Waals surface area (Å²) in [6.45, 7) is 8.12. The van der Waals surface area contributed by atoms with E-state index in [0.29, 0.717) is 11.6 Å². The third-order valence-electron chi connectivity index (χ3n) is 3.78. The molecular formula is C17H26ClN3O2. The summed E-state index contributed by atoms with van der Waals surface area (Å²) in [6.07, 6.45) is 0. The first-order valence-corrected chi connectivity index (χ1v) is 8.07. The Morgan fingerprint density at radius 3 is 2.48 bits per heavy atom. The first-order chi connectivity index (χ1) is 10.6. The summed E-state index contributed by atoms with van der Waals surface area (Å²) in [7, 11) is 0. The summed E-state index contributed by atoms with van der Waals surface area (Å²) in [6, 6.07) is 6.95. The highest BCUT2D eigenvalue weighted by Crippen LogP contribution is 2.24. The molecule has 1 aromatic rings. The molecule has 4 N–H and O–H groups in total. The monoisotopic (exact) mass is 339 g/mol. The minimum absolute atomic E-state index is 0.0276. The van der Waals surface area contributed by atoms with Gasteiger partial charge in [0, 0.05) is 17.0 Å². The summed E-state index contributed by atoms with van der Waals surface area (Å²) in [5, 5.41) is 6.04. The van der Waals surface area contributed by atoms with Crippen LogP contribution in [0.3, 0.4) is 0 Å². The van der Waals surface area contributed by atoms with E-state index in [1.54, 1.807) is 0 Å². The highest BCUT2D eigenvalue weighted by molar-refractivity contribution is 6.30. The van der Waals surface area contributed by atoms with Crippen molar-refractivity contribution in [3.8, 4) is 0 Å². The van der Waals surface area contributed by atoms with Crippen LogP contribution in [-0.2, 0) is 15.0 Å². The first kappa shape index (κ1) is 19.5. The van der Waals surface area contributed by atoms with Crippen molar-refractivity contribution >= 4 is 23.4 Å². The zero-order chi connectivity index (χ0) is 17.6. The van der Waals surface area contributed by atoms with Crippen molar-refractivity contribution in [1.29, 1.82) is 0 Å². The number of hydrogen-bond acceptors (Lipinski definition) is 3. The highest BCUT2D eigenvalue weighted by Gasteiger charge is 2.22. The third kappa shape index (κ3) is 6.20. The van der Waals surface area contributed by atoms with Gasteiger partial charge in [-0.3, -0.25) is 9.59 Å². The van der Waals surface area contributed by atoms with Crippen molar-refractivity contribution in [2.24, 2.45) is 11.7 Å². The molecule has 1 rings (SSSR count). The molecule has 0 saturated heterocycles. The van der Waals surface area contributed by atoms with E-state index in [-0.39, 0.29) is 29.7 Å². The zero-order valence-electron chi connectivity index (χ0n) is 14.2. The lowest BCUT2D eigenvalue weighted by atomic mass is 9.84. The Morgan fingerprint density at radius 2 is 1.91 bits per heavy atom. The Labute approximate surface area is 143 Å². The van der Waals surface area contributed by atoms with Crippen LogP contribution in [0.1, 0.15) is 33.3 Å². The summed E-state index contributed by atoms with van der Waals surface area (Å²) in [5.74, 6) is -0.534. The van der Waals surface area contributed by atoms with Crippen molar-refractivity contribution in [2.45, 2.75) is 39.2 Å². The molecule has 1 atom stereocenters. The topological polar surface area (TPSA) is 84.2 Å². The van der Waals surface area contributed by atoms with Gasteiger partial charge in [0.15, 0.2) is 0 Å².